The summed E-state index contributed by atoms with van der Waals surface area (Å²) in [4.78, 5) is 16.2. The summed E-state index contributed by atoms with van der Waals surface area (Å²) < 4.78 is 85.7. The molecule has 1 aliphatic carbocycles. The lowest BCUT2D eigenvalue weighted by molar-refractivity contribution is -0.139. The van der Waals surface area contributed by atoms with Crippen LogP contribution in [0.25, 0.3) is 0 Å². The van der Waals surface area contributed by atoms with Crippen LogP contribution >= 0.6 is 0 Å². The normalized spacial score (nSPS) is 19.9. The minimum atomic E-state index is -4.65. The van der Waals surface area contributed by atoms with Crippen LogP contribution in [0.2, 0.25) is 0 Å². The van der Waals surface area contributed by atoms with Gasteiger partial charge in [-0.1, -0.05) is 0 Å². The van der Waals surface area contributed by atoms with Gasteiger partial charge in [0.1, 0.15) is 6.61 Å². The molecule has 1 aliphatic heterocycles. The van der Waals surface area contributed by atoms with Crippen molar-refractivity contribution in [1.29, 1.82) is 10.5 Å². The standard InChI is InChI=1S/C29H29F6N5O2/c30-28(31,32)25-14-22(4-2-19(25)16-36)38-21-5-8-24(9-6-21)42-18-27(41)40-11-1-10-39(12-13-40)23-7-3-20(17-37)26(15-23)29(33,34)35/h2-4,7,14-15,21,24,38H,1,5-6,8-13,18H2/t21-,24-. The van der Waals surface area contributed by atoms with E-state index in [9.17, 15) is 31.1 Å². The van der Waals surface area contributed by atoms with Crippen molar-refractivity contribution in [3.8, 4) is 12.1 Å². The molecule has 0 unspecified atom stereocenters. The SMILES string of the molecule is N#Cc1ccc(N[C@H]2CC[C@H](OCC(=O)N3CCCN(c4ccc(C#N)c(C(F)(F)F)c4)CC3)CC2)cc1C(F)(F)F. The van der Waals surface area contributed by atoms with Crippen molar-refractivity contribution in [2.75, 3.05) is 43.0 Å². The highest BCUT2D eigenvalue weighted by molar-refractivity contribution is 5.77. The molecule has 42 heavy (non-hydrogen) atoms. The van der Waals surface area contributed by atoms with Gasteiger partial charge in [0.15, 0.2) is 0 Å². The first-order chi connectivity index (χ1) is 19.9. The maximum absolute atomic E-state index is 13.4. The molecular weight excluding hydrogens is 564 g/mol. The number of nitriles is 2. The lowest BCUT2D eigenvalue weighted by Gasteiger charge is -2.30. The van der Waals surface area contributed by atoms with E-state index >= 15 is 0 Å². The van der Waals surface area contributed by atoms with Gasteiger partial charge >= 0.3 is 12.4 Å². The molecule has 224 valence electrons. The number of rotatable bonds is 6. The largest absolute Gasteiger partial charge is 0.417 e. The second-order valence-corrected chi connectivity index (χ2v) is 10.4. The summed E-state index contributed by atoms with van der Waals surface area (Å²) in [5, 5.41) is 21.1. The van der Waals surface area contributed by atoms with Crippen LogP contribution in [0.3, 0.4) is 0 Å². The van der Waals surface area contributed by atoms with E-state index < -0.39 is 34.6 Å². The zero-order valence-corrected chi connectivity index (χ0v) is 22.6. The number of halogens is 6. The fourth-order valence-corrected chi connectivity index (χ4v) is 5.34. The van der Waals surface area contributed by atoms with Crippen molar-refractivity contribution >= 4 is 17.3 Å². The van der Waals surface area contributed by atoms with E-state index in [-0.39, 0.29) is 30.3 Å². The first-order valence-corrected chi connectivity index (χ1v) is 13.5. The van der Waals surface area contributed by atoms with Crippen LogP contribution < -0.4 is 10.2 Å². The summed E-state index contributed by atoms with van der Waals surface area (Å²) in [6, 6.07) is 10.2. The molecular formula is C29H29F6N5O2. The Morgan fingerprint density at radius 3 is 2.10 bits per heavy atom. The Hall–Kier alpha value is -3.97. The molecule has 0 atom stereocenters. The van der Waals surface area contributed by atoms with Gasteiger partial charge in [-0.3, -0.25) is 4.79 Å². The van der Waals surface area contributed by atoms with Crippen molar-refractivity contribution in [2.45, 2.75) is 56.6 Å². The summed E-state index contributed by atoms with van der Waals surface area (Å²) >= 11 is 0. The number of carbonyl (C=O) groups is 1. The van der Waals surface area contributed by atoms with Crippen LogP contribution in [-0.4, -0.2) is 55.7 Å². The highest BCUT2D eigenvalue weighted by Crippen LogP contribution is 2.36. The zero-order chi connectivity index (χ0) is 30.5. The molecule has 1 amide bonds. The quantitative estimate of drug-likeness (QED) is 0.417. The maximum Gasteiger partial charge on any atom is 0.417 e. The van der Waals surface area contributed by atoms with Crippen molar-refractivity contribution < 1.29 is 35.9 Å². The second-order valence-electron chi connectivity index (χ2n) is 10.4. The number of anilines is 2. The van der Waals surface area contributed by atoms with Crippen LogP contribution in [0.15, 0.2) is 36.4 Å². The first-order valence-electron chi connectivity index (χ1n) is 13.5. The number of alkyl halides is 6. The van der Waals surface area contributed by atoms with Gasteiger partial charge in [0.2, 0.25) is 5.91 Å². The third kappa shape index (κ3) is 7.65. The molecule has 2 fully saturated rings. The molecule has 1 heterocycles. The number of amides is 1. The molecule has 0 aromatic heterocycles. The Kier molecular flexibility index (Phi) is 9.52. The van der Waals surface area contributed by atoms with Crippen molar-refractivity contribution in [1.82, 2.24) is 4.90 Å². The van der Waals surface area contributed by atoms with Gasteiger partial charge in [0, 0.05) is 43.6 Å². The van der Waals surface area contributed by atoms with Crippen molar-refractivity contribution in [3.63, 3.8) is 0 Å². The molecule has 2 aromatic carbocycles. The highest BCUT2D eigenvalue weighted by Gasteiger charge is 2.35. The van der Waals surface area contributed by atoms with Crippen molar-refractivity contribution in [2.24, 2.45) is 0 Å². The van der Waals surface area contributed by atoms with E-state index in [4.69, 9.17) is 15.3 Å². The molecule has 4 rings (SSSR count). The van der Waals surface area contributed by atoms with Gasteiger partial charge < -0.3 is 19.9 Å². The number of nitrogens with one attached hydrogen (secondary N) is 1. The number of hydrogen-bond acceptors (Lipinski definition) is 6. The summed E-state index contributed by atoms with van der Waals surface area (Å²) in [7, 11) is 0. The lowest BCUT2D eigenvalue weighted by Crippen LogP contribution is -2.39. The minimum absolute atomic E-state index is 0.0775. The van der Waals surface area contributed by atoms with E-state index in [1.165, 1.54) is 12.1 Å². The zero-order valence-electron chi connectivity index (χ0n) is 22.6. The Morgan fingerprint density at radius 2 is 1.48 bits per heavy atom. The molecule has 1 saturated heterocycles. The number of carbonyl (C=O) groups excluding carboxylic acids is 1. The van der Waals surface area contributed by atoms with Crippen molar-refractivity contribution in [3.05, 3.63) is 58.7 Å². The number of hydrogen-bond donors (Lipinski definition) is 1. The molecule has 1 saturated carbocycles. The summed E-state index contributed by atoms with van der Waals surface area (Å²) in [6.45, 7) is 1.39. The fourth-order valence-electron chi connectivity index (χ4n) is 5.34. The van der Waals surface area contributed by atoms with Gasteiger partial charge in [0.05, 0.1) is 40.5 Å². The van der Waals surface area contributed by atoms with E-state index in [1.54, 1.807) is 21.9 Å². The van der Waals surface area contributed by atoms with Crippen LogP contribution in [0.5, 0.6) is 0 Å². The first kappa shape index (κ1) is 31.0. The Morgan fingerprint density at radius 1 is 0.857 bits per heavy atom. The van der Waals surface area contributed by atoms with Gasteiger partial charge in [0.25, 0.3) is 0 Å². The van der Waals surface area contributed by atoms with Crippen LogP contribution in [-0.2, 0) is 21.9 Å². The molecule has 0 bridgehead atoms. The molecule has 7 nitrogen and oxygen atoms in total. The summed E-state index contributed by atoms with van der Waals surface area (Å²) in [6.07, 6.45) is -6.43. The Bertz CT molecular complexity index is 1360. The van der Waals surface area contributed by atoms with E-state index in [2.05, 4.69) is 5.32 Å². The number of nitrogens with zero attached hydrogens (tertiary/aromatic N) is 4. The second kappa shape index (κ2) is 12.9. The number of ether oxygens (including phenoxy) is 1. The van der Waals surface area contributed by atoms with Gasteiger partial charge in [-0.25, -0.2) is 0 Å². The van der Waals surface area contributed by atoms with Crippen LogP contribution in [0.1, 0.15) is 54.4 Å². The topological polar surface area (TPSA) is 92.4 Å². The smallest absolute Gasteiger partial charge is 0.382 e. The lowest BCUT2D eigenvalue weighted by atomic mass is 9.92. The summed E-state index contributed by atoms with van der Waals surface area (Å²) in [5.41, 5.74) is -2.22. The molecule has 2 aromatic rings. The highest BCUT2D eigenvalue weighted by atomic mass is 19.4. The van der Waals surface area contributed by atoms with Crippen LogP contribution in [0.4, 0.5) is 37.7 Å². The predicted molar refractivity (Wildman–Crippen MR) is 141 cm³/mol. The maximum atomic E-state index is 13.4. The van der Waals surface area contributed by atoms with Gasteiger partial charge in [-0.05, 0) is 68.5 Å². The number of benzene rings is 2. The summed E-state index contributed by atoms with van der Waals surface area (Å²) in [5.74, 6) is -0.217. The molecule has 13 heteroatoms. The third-order valence-corrected chi connectivity index (χ3v) is 7.58. The predicted octanol–water partition coefficient (Wildman–Crippen LogP) is 5.95. The van der Waals surface area contributed by atoms with Gasteiger partial charge in [-0.2, -0.15) is 36.9 Å². The monoisotopic (exact) mass is 593 g/mol. The van der Waals surface area contributed by atoms with E-state index in [1.807, 2.05) is 0 Å². The van der Waals surface area contributed by atoms with Gasteiger partial charge in [-0.15, -0.1) is 0 Å². The molecule has 2 aliphatic rings. The van der Waals surface area contributed by atoms with E-state index in [0.717, 1.165) is 24.3 Å². The fraction of sp³-hybridized carbons (Fsp3) is 0.483. The third-order valence-electron chi connectivity index (χ3n) is 7.58. The Balaban J connectivity index is 1.24. The molecule has 0 radical (unpaired) electrons. The van der Waals surface area contributed by atoms with Crippen LogP contribution in [0, 0.1) is 22.7 Å². The Labute approximate surface area is 239 Å². The average Bonchev–Trinajstić information content (AvgIpc) is 3.22. The van der Waals surface area contributed by atoms with E-state index in [0.29, 0.717) is 64.0 Å². The average molecular weight is 594 g/mol. The molecule has 0 spiro atoms. The minimum Gasteiger partial charge on any atom is -0.382 e. The molecule has 1 N–H and O–H groups in total.